The van der Waals surface area contributed by atoms with Gasteiger partial charge in [0.2, 0.25) is 0 Å². The van der Waals surface area contributed by atoms with E-state index in [0.29, 0.717) is 0 Å². The van der Waals surface area contributed by atoms with Crippen molar-refractivity contribution in [3.8, 4) is 0 Å². The molecule has 0 aromatic rings. The van der Waals surface area contributed by atoms with Gasteiger partial charge in [-0.2, -0.15) is 0 Å². The number of carbonyl (C=O) groups excluding carboxylic acids is 2. The molecule has 0 atom stereocenters. The van der Waals surface area contributed by atoms with E-state index >= 15 is 0 Å². The Balaban J connectivity index is 0. The fraction of sp³-hybridized carbons (Fsp3) is 0.600. The van der Waals surface area contributed by atoms with Gasteiger partial charge in [-0.3, -0.25) is 4.79 Å². The molecular formula is C5H7NaO3. The van der Waals surface area contributed by atoms with Crippen molar-refractivity contribution in [3.05, 3.63) is 0 Å². The molecule has 0 amide bonds. The first-order chi connectivity index (χ1) is 3.55. The summed E-state index contributed by atoms with van der Waals surface area (Å²) in [6.45, 7) is 3.02. The molecule has 9 heavy (non-hydrogen) atoms. The average molecular weight is 138 g/mol. The average Bonchev–Trinajstić information content (AvgIpc) is 1.64. The molecule has 0 aromatic heterocycles. The minimum atomic E-state index is -1.60. The van der Waals surface area contributed by atoms with E-state index in [4.69, 9.17) is 0 Å². The number of rotatable bonds is 2. The molecule has 0 saturated carbocycles. The molecule has 0 aliphatic rings. The van der Waals surface area contributed by atoms with Crippen LogP contribution in [-0.4, -0.2) is 11.8 Å². The Morgan fingerprint density at radius 2 is 1.67 bits per heavy atom. The smallest absolute Gasteiger partial charge is 0.542 e. The first kappa shape index (κ1) is 11.9. The van der Waals surface area contributed by atoms with Gasteiger partial charge in [0.25, 0.3) is 0 Å². The first-order valence-electron chi connectivity index (χ1n) is 2.31. The van der Waals surface area contributed by atoms with Crippen molar-refractivity contribution < 1.29 is 44.3 Å². The van der Waals surface area contributed by atoms with Crippen LogP contribution >= 0.6 is 0 Å². The summed E-state index contributed by atoms with van der Waals surface area (Å²) in [7, 11) is 0. The maximum atomic E-state index is 10.2. The van der Waals surface area contributed by atoms with Gasteiger partial charge in [-0.15, -0.1) is 0 Å². The summed E-state index contributed by atoms with van der Waals surface area (Å²) >= 11 is 0. The van der Waals surface area contributed by atoms with Crippen LogP contribution in [0.15, 0.2) is 0 Å². The van der Waals surface area contributed by atoms with Crippen LogP contribution in [0, 0.1) is 5.92 Å². The third-order valence-corrected chi connectivity index (χ3v) is 0.726. The minimum Gasteiger partial charge on any atom is -0.542 e. The van der Waals surface area contributed by atoms with Gasteiger partial charge in [-0.1, -0.05) is 13.8 Å². The standard InChI is InChI=1S/C5H8O3.Na/c1-3(2)4(6)5(7)8;/h3H,1-2H3,(H,7,8);/q;+1/p-1. The summed E-state index contributed by atoms with van der Waals surface area (Å²) < 4.78 is 0. The van der Waals surface area contributed by atoms with E-state index in [1.807, 2.05) is 0 Å². The Kier molecular flexibility index (Phi) is 6.56. The molecule has 3 nitrogen and oxygen atoms in total. The van der Waals surface area contributed by atoms with Crippen molar-refractivity contribution in [2.45, 2.75) is 13.8 Å². The summed E-state index contributed by atoms with van der Waals surface area (Å²) in [4.78, 5) is 19.9. The van der Waals surface area contributed by atoms with Crippen LogP contribution in [0.25, 0.3) is 0 Å². The van der Waals surface area contributed by atoms with E-state index in [9.17, 15) is 14.7 Å². The van der Waals surface area contributed by atoms with Gasteiger partial charge >= 0.3 is 29.6 Å². The fourth-order valence-corrected chi connectivity index (χ4v) is 0.236. The van der Waals surface area contributed by atoms with E-state index < -0.39 is 17.7 Å². The molecule has 0 rings (SSSR count). The molecule has 0 spiro atoms. The molecule has 46 valence electrons. The van der Waals surface area contributed by atoms with E-state index in [1.54, 1.807) is 0 Å². The number of ketones is 1. The zero-order valence-corrected chi connectivity index (χ0v) is 7.80. The van der Waals surface area contributed by atoms with Crippen LogP contribution in [-0.2, 0) is 9.59 Å². The second-order valence-electron chi connectivity index (χ2n) is 1.81. The van der Waals surface area contributed by atoms with Crippen LogP contribution < -0.4 is 34.7 Å². The number of Topliss-reactive ketones (excluding diaryl/α,β-unsaturated/α-hetero) is 1. The summed E-state index contributed by atoms with van der Waals surface area (Å²) in [5, 5.41) is 9.68. The summed E-state index contributed by atoms with van der Waals surface area (Å²) in [6.07, 6.45) is 0. The van der Waals surface area contributed by atoms with Gasteiger partial charge < -0.3 is 9.90 Å². The Morgan fingerprint density at radius 3 is 1.67 bits per heavy atom. The SMILES string of the molecule is CC(C)C(=O)C(=O)[O-].[Na+]. The van der Waals surface area contributed by atoms with Gasteiger partial charge in [-0.05, 0) is 0 Å². The first-order valence-corrected chi connectivity index (χ1v) is 2.31. The van der Waals surface area contributed by atoms with Crippen molar-refractivity contribution in [1.82, 2.24) is 0 Å². The van der Waals surface area contributed by atoms with Crippen LogP contribution in [0.2, 0.25) is 0 Å². The van der Waals surface area contributed by atoms with Crippen molar-refractivity contribution in [2.24, 2.45) is 5.92 Å². The number of hydrogen-bond acceptors (Lipinski definition) is 3. The normalized spacial score (nSPS) is 8.33. The zero-order valence-electron chi connectivity index (χ0n) is 5.80. The third-order valence-electron chi connectivity index (χ3n) is 0.726. The predicted molar refractivity (Wildman–Crippen MR) is 24.9 cm³/mol. The quantitative estimate of drug-likeness (QED) is 0.288. The molecule has 0 bridgehead atoms. The van der Waals surface area contributed by atoms with Gasteiger partial charge in [0.15, 0.2) is 5.78 Å². The Bertz CT molecular complexity index is 119. The predicted octanol–water partition coefficient (Wildman–Crippen LogP) is -4.03. The molecule has 0 heterocycles. The minimum absolute atomic E-state index is 0. The molecule has 0 fully saturated rings. The number of carboxylic acids is 1. The number of hydrogen-bond donors (Lipinski definition) is 0. The Morgan fingerprint density at radius 1 is 1.33 bits per heavy atom. The number of carbonyl (C=O) groups is 2. The Hall–Kier alpha value is 0.140. The summed E-state index contributed by atoms with van der Waals surface area (Å²) in [5.41, 5.74) is 0. The molecule has 4 heteroatoms. The monoisotopic (exact) mass is 138 g/mol. The zero-order chi connectivity index (χ0) is 6.73. The van der Waals surface area contributed by atoms with Gasteiger partial charge in [0.05, 0.1) is 0 Å². The van der Waals surface area contributed by atoms with Crippen molar-refractivity contribution in [2.75, 3.05) is 0 Å². The van der Waals surface area contributed by atoms with Gasteiger partial charge in [0, 0.05) is 5.92 Å². The summed E-state index contributed by atoms with van der Waals surface area (Å²) in [5.74, 6) is -2.90. The van der Waals surface area contributed by atoms with Crippen molar-refractivity contribution in [3.63, 3.8) is 0 Å². The molecule has 0 N–H and O–H groups in total. The second kappa shape index (κ2) is 4.97. The molecule has 0 radical (unpaired) electrons. The maximum Gasteiger partial charge on any atom is 1.00 e. The van der Waals surface area contributed by atoms with E-state index in [-0.39, 0.29) is 29.6 Å². The maximum absolute atomic E-state index is 10.2. The van der Waals surface area contributed by atoms with Crippen molar-refractivity contribution in [1.29, 1.82) is 0 Å². The number of aliphatic carboxylic acids is 1. The second-order valence-corrected chi connectivity index (χ2v) is 1.81. The van der Waals surface area contributed by atoms with Gasteiger partial charge in [0.1, 0.15) is 5.97 Å². The van der Waals surface area contributed by atoms with E-state index in [2.05, 4.69) is 0 Å². The molecule has 0 aliphatic carbocycles. The third kappa shape index (κ3) is 4.63. The molecule has 0 unspecified atom stereocenters. The van der Waals surface area contributed by atoms with Crippen LogP contribution in [0.5, 0.6) is 0 Å². The molecule has 0 aromatic carbocycles. The Labute approximate surface area is 75.7 Å². The van der Waals surface area contributed by atoms with Crippen molar-refractivity contribution >= 4 is 11.8 Å². The van der Waals surface area contributed by atoms with Crippen LogP contribution in [0.4, 0.5) is 0 Å². The van der Waals surface area contributed by atoms with E-state index in [1.165, 1.54) is 13.8 Å². The van der Waals surface area contributed by atoms with Gasteiger partial charge in [-0.25, -0.2) is 0 Å². The summed E-state index contributed by atoms with van der Waals surface area (Å²) in [6, 6.07) is 0. The number of carboxylic acid groups (broad SMARTS) is 1. The molecule has 0 saturated heterocycles. The topological polar surface area (TPSA) is 57.2 Å². The molecule has 0 aliphatic heterocycles. The van der Waals surface area contributed by atoms with E-state index in [0.717, 1.165) is 0 Å². The molecular weight excluding hydrogens is 131 g/mol. The largest absolute Gasteiger partial charge is 1.00 e. The van der Waals surface area contributed by atoms with Crippen LogP contribution in [0.1, 0.15) is 13.8 Å². The fourth-order valence-electron chi connectivity index (χ4n) is 0.236. The van der Waals surface area contributed by atoms with Crippen LogP contribution in [0.3, 0.4) is 0 Å².